The molecule has 7 nitrogen and oxygen atoms in total. The van der Waals surface area contributed by atoms with Crippen LogP contribution in [-0.2, 0) is 4.79 Å². The van der Waals surface area contributed by atoms with E-state index >= 15 is 0 Å². The van der Waals surface area contributed by atoms with E-state index in [2.05, 4.69) is 20.3 Å². The molecule has 4 heterocycles. The molecule has 0 aromatic carbocycles. The average Bonchev–Trinajstić information content (AvgIpc) is 3.38. The van der Waals surface area contributed by atoms with Gasteiger partial charge in [0, 0.05) is 42.9 Å². The first kappa shape index (κ1) is 18.4. The molecule has 4 rings (SSSR count). The van der Waals surface area contributed by atoms with Crippen molar-refractivity contribution in [2.75, 3.05) is 18.4 Å². The smallest absolute Gasteiger partial charge is 0.246 e. The lowest BCUT2D eigenvalue weighted by molar-refractivity contribution is -0.127. The number of nitrogens with zero attached hydrogens (tertiary/aromatic N) is 4. The van der Waals surface area contributed by atoms with Crippen molar-refractivity contribution in [3.05, 3.63) is 59.4 Å². The van der Waals surface area contributed by atoms with Gasteiger partial charge in [-0.2, -0.15) is 0 Å². The summed E-state index contributed by atoms with van der Waals surface area (Å²) in [5, 5.41) is 6.07. The normalized spacial score (nSPS) is 17.2. The van der Waals surface area contributed by atoms with Crippen LogP contribution in [0.5, 0.6) is 0 Å². The summed E-state index contributed by atoms with van der Waals surface area (Å²) in [5.74, 6) is 1.49. The van der Waals surface area contributed by atoms with Gasteiger partial charge >= 0.3 is 0 Å². The summed E-state index contributed by atoms with van der Waals surface area (Å²) in [5.41, 5.74) is 1.85. The molecule has 3 aromatic rings. The fourth-order valence-corrected chi connectivity index (χ4v) is 3.99. The zero-order valence-corrected chi connectivity index (χ0v) is 16.4. The molecule has 0 aliphatic carbocycles. The van der Waals surface area contributed by atoms with Gasteiger partial charge in [-0.15, -0.1) is 11.3 Å². The summed E-state index contributed by atoms with van der Waals surface area (Å²) in [6.07, 6.45) is 10.1. The molecule has 3 aromatic heterocycles. The highest BCUT2D eigenvalue weighted by Crippen LogP contribution is 2.31. The highest BCUT2D eigenvalue weighted by Gasteiger charge is 2.27. The molecule has 1 saturated heterocycles. The number of carbonyl (C=O) groups is 1. The van der Waals surface area contributed by atoms with Crippen LogP contribution in [-0.4, -0.2) is 38.8 Å². The summed E-state index contributed by atoms with van der Waals surface area (Å²) in [6.45, 7) is 3.32. The van der Waals surface area contributed by atoms with Gasteiger partial charge in [-0.3, -0.25) is 9.78 Å². The van der Waals surface area contributed by atoms with Gasteiger partial charge in [-0.05, 0) is 38.0 Å². The second-order valence-corrected chi connectivity index (χ2v) is 7.54. The number of anilines is 2. The Morgan fingerprint density at radius 2 is 2.29 bits per heavy atom. The summed E-state index contributed by atoms with van der Waals surface area (Å²) >= 11 is 1.54. The minimum absolute atomic E-state index is 0.0185. The molecular formula is C20H21N5O2S. The number of rotatable bonds is 5. The van der Waals surface area contributed by atoms with Crippen LogP contribution in [0.3, 0.4) is 0 Å². The second kappa shape index (κ2) is 8.35. The van der Waals surface area contributed by atoms with E-state index in [1.54, 1.807) is 36.9 Å². The van der Waals surface area contributed by atoms with E-state index in [9.17, 15) is 4.79 Å². The highest BCUT2D eigenvalue weighted by atomic mass is 32.1. The lowest BCUT2D eigenvalue weighted by Gasteiger charge is -2.32. The zero-order valence-electron chi connectivity index (χ0n) is 15.5. The number of hydrogen-bond donors (Lipinski definition) is 1. The maximum Gasteiger partial charge on any atom is 0.246 e. The Kier molecular flexibility index (Phi) is 5.48. The van der Waals surface area contributed by atoms with Gasteiger partial charge in [0.15, 0.2) is 10.9 Å². The van der Waals surface area contributed by atoms with Crippen molar-refractivity contribution in [2.45, 2.75) is 25.7 Å². The molecule has 1 fully saturated rings. The minimum Gasteiger partial charge on any atom is -0.465 e. The molecule has 1 N–H and O–H groups in total. The fourth-order valence-electron chi connectivity index (χ4n) is 3.30. The van der Waals surface area contributed by atoms with Crippen LogP contribution in [0, 0.1) is 6.92 Å². The standard InChI is InChI=1S/C20H21N5O2S/c1-14-13-28-20(23-14)24-19-18(21-8-9-22-19)15-4-2-10-25(12-15)17(26)7-6-16-5-3-11-27-16/h3,5-9,11,13,15H,2,4,10,12H2,1H3,(H,22,23,24)/b7-6+/t15-/m0/s1. The number of furan rings is 1. The van der Waals surface area contributed by atoms with Crippen LogP contribution in [0.15, 0.2) is 46.7 Å². The Morgan fingerprint density at radius 1 is 1.39 bits per heavy atom. The lowest BCUT2D eigenvalue weighted by atomic mass is 9.94. The first-order valence-corrected chi connectivity index (χ1v) is 10.1. The molecule has 0 radical (unpaired) electrons. The van der Waals surface area contributed by atoms with Crippen molar-refractivity contribution in [2.24, 2.45) is 0 Å². The van der Waals surface area contributed by atoms with Crippen molar-refractivity contribution < 1.29 is 9.21 Å². The number of piperidine rings is 1. The molecule has 0 saturated carbocycles. The highest BCUT2D eigenvalue weighted by molar-refractivity contribution is 7.13. The van der Waals surface area contributed by atoms with E-state index in [0.29, 0.717) is 18.1 Å². The third-order valence-corrected chi connectivity index (χ3v) is 5.50. The van der Waals surface area contributed by atoms with Crippen LogP contribution < -0.4 is 5.32 Å². The topological polar surface area (TPSA) is 84.2 Å². The van der Waals surface area contributed by atoms with Gasteiger partial charge in [-0.25, -0.2) is 9.97 Å². The van der Waals surface area contributed by atoms with Gasteiger partial charge in [-0.1, -0.05) is 0 Å². The Morgan fingerprint density at radius 3 is 3.07 bits per heavy atom. The SMILES string of the molecule is Cc1csc(Nc2nccnc2[C@H]2CCCN(C(=O)/C=C/c3ccco3)C2)n1. The fraction of sp³-hybridized carbons (Fsp3) is 0.300. The molecule has 1 aliphatic heterocycles. The molecule has 0 bridgehead atoms. The number of hydrogen-bond acceptors (Lipinski definition) is 7. The largest absolute Gasteiger partial charge is 0.465 e. The second-order valence-electron chi connectivity index (χ2n) is 6.68. The molecule has 0 spiro atoms. The molecule has 1 aliphatic rings. The van der Waals surface area contributed by atoms with Crippen LogP contribution in [0.2, 0.25) is 0 Å². The van der Waals surface area contributed by atoms with Crippen molar-refractivity contribution in [1.82, 2.24) is 19.9 Å². The molecule has 28 heavy (non-hydrogen) atoms. The van der Waals surface area contributed by atoms with E-state index in [0.717, 1.165) is 35.9 Å². The zero-order chi connectivity index (χ0) is 19.3. The van der Waals surface area contributed by atoms with E-state index < -0.39 is 0 Å². The number of thiazole rings is 1. The van der Waals surface area contributed by atoms with Crippen LogP contribution in [0.25, 0.3) is 6.08 Å². The Hall–Kier alpha value is -3.00. The van der Waals surface area contributed by atoms with Gasteiger partial charge < -0.3 is 14.6 Å². The van der Waals surface area contributed by atoms with Crippen molar-refractivity contribution in [3.8, 4) is 0 Å². The number of amides is 1. The first-order chi connectivity index (χ1) is 13.7. The van der Waals surface area contributed by atoms with Gasteiger partial charge in [0.1, 0.15) is 5.76 Å². The van der Waals surface area contributed by atoms with Crippen LogP contribution in [0.4, 0.5) is 10.9 Å². The quantitative estimate of drug-likeness (QED) is 0.658. The first-order valence-electron chi connectivity index (χ1n) is 9.19. The van der Waals surface area contributed by atoms with E-state index in [1.807, 2.05) is 23.3 Å². The third kappa shape index (κ3) is 4.28. The third-order valence-electron chi connectivity index (χ3n) is 4.62. The number of nitrogens with one attached hydrogen (secondary N) is 1. The summed E-state index contributed by atoms with van der Waals surface area (Å²) < 4.78 is 5.25. The monoisotopic (exact) mass is 395 g/mol. The molecule has 1 atom stereocenters. The van der Waals surface area contributed by atoms with E-state index in [4.69, 9.17) is 4.42 Å². The molecular weight excluding hydrogens is 374 g/mol. The average molecular weight is 395 g/mol. The van der Waals surface area contributed by atoms with E-state index in [-0.39, 0.29) is 11.8 Å². The summed E-state index contributed by atoms with van der Waals surface area (Å²) in [4.78, 5) is 27.9. The summed E-state index contributed by atoms with van der Waals surface area (Å²) in [6, 6.07) is 3.62. The minimum atomic E-state index is -0.0185. The Labute approximate surface area is 167 Å². The number of likely N-dealkylation sites (tertiary alicyclic amines) is 1. The van der Waals surface area contributed by atoms with Crippen molar-refractivity contribution in [3.63, 3.8) is 0 Å². The number of aromatic nitrogens is 3. The van der Waals surface area contributed by atoms with Crippen molar-refractivity contribution in [1.29, 1.82) is 0 Å². The Balaban J connectivity index is 1.48. The van der Waals surface area contributed by atoms with Crippen LogP contribution >= 0.6 is 11.3 Å². The predicted octanol–water partition coefficient (Wildman–Crippen LogP) is 4.00. The van der Waals surface area contributed by atoms with Gasteiger partial charge in [0.05, 0.1) is 17.7 Å². The molecule has 144 valence electrons. The lowest BCUT2D eigenvalue weighted by Crippen LogP contribution is -2.38. The molecule has 0 unspecified atom stereocenters. The maximum atomic E-state index is 12.6. The van der Waals surface area contributed by atoms with Gasteiger partial charge in [0.25, 0.3) is 0 Å². The molecule has 1 amide bonds. The van der Waals surface area contributed by atoms with E-state index in [1.165, 1.54) is 11.3 Å². The maximum absolute atomic E-state index is 12.6. The van der Waals surface area contributed by atoms with Crippen LogP contribution in [0.1, 0.15) is 35.9 Å². The molecule has 8 heteroatoms. The summed E-state index contributed by atoms with van der Waals surface area (Å²) in [7, 11) is 0. The number of aryl methyl sites for hydroxylation is 1. The van der Waals surface area contributed by atoms with Gasteiger partial charge in [0.2, 0.25) is 5.91 Å². The van der Waals surface area contributed by atoms with Crippen molar-refractivity contribution >= 4 is 34.3 Å². The number of carbonyl (C=O) groups excluding carboxylic acids is 1. The Bertz CT molecular complexity index is 967. The predicted molar refractivity (Wildman–Crippen MR) is 108 cm³/mol.